The van der Waals surface area contributed by atoms with Crippen molar-refractivity contribution in [2.45, 2.75) is 32.2 Å². The molecule has 3 aromatic carbocycles. The van der Waals surface area contributed by atoms with Crippen molar-refractivity contribution >= 4 is 28.4 Å². The fourth-order valence-corrected chi connectivity index (χ4v) is 4.38. The molecule has 4 aromatic rings. The summed E-state index contributed by atoms with van der Waals surface area (Å²) in [6.45, 7) is 2.06. The lowest BCUT2D eigenvalue weighted by molar-refractivity contribution is 0.0952. The average molecular weight is 476 g/mol. The van der Waals surface area contributed by atoms with Gasteiger partial charge in [0.15, 0.2) is 0 Å². The standard InChI is InChI=1S/C28H30ClN3O2/c29-23-9-5-7-20(16-23)6-3-4-14-31-28(34)26-10-2-1-8-21(26)18-30-15-13-22-19-32-27-17-24(33)11-12-25(22)27/h1-2,5,7-12,16-17,19,30,32-33H,3-4,6,13-15,18H2,(H,31,34). The Balaban J connectivity index is 1.22. The fraction of sp³-hybridized carbons (Fsp3) is 0.250. The molecular formula is C28H30ClN3O2. The van der Waals surface area contributed by atoms with E-state index in [-0.39, 0.29) is 11.7 Å². The third-order valence-corrected chi connectivity index (χ3v) is 6.20. The van der Waals surface area contributed by atoms with Gasteiger partial charge in [0.1, 0.15) is 5.75 Å². The molecule has 5 nitrogen and oxygen atoms in total. The van der Waals surface area contributed by atoms with E-state index in [0.29, 0.717) is 18.7 Å². The van der Waals surface area contributed by atoms with Crippen molar-refractivity contribution < 1.29 is 9.90 Å². The molecule has 4 N–H and O–H groups in total. The van der Waals surface area contributed by atoms with Crippen LogP contribution in [-0.2, 0) is 19.4 Å². The van der Waals surface area contributed by atoms with Gasteiger partial charge in [-0.15, -0.1) is 0 Å². The molecule has 0 atom stereocenters. The van der Waals surface area contributed by atoms with Crippen molar-refractivity contribution in [1.29, 1.82) is 0 Å². The van der Waals surface area contributed by atoms with Crippen molar-refractivity contribution in [1.82, 2.24) is 15.6 Å². The maximum absolute atomic E-state index is 12.8. The van der Waals surface area contributed by atoms with Crippen LogP contribution in [-0.4, -0.2) is 29.1 Å². The Kier molecular flexibility index (Phi) is 8.23. The number of amides is 1. The summed E-state index contributed by atoms with van der Waals surface area (Å²) in [7, 11) is 0. The highest BCUT2D eigenvalue weighted by molar-refractivity contribution is 6.30. The maximum Gasteiger partial charge on any atom is 0.251 e. The molecule has 6 heteroatoms. The Hall–Kier alpha value is -3.28. The zero-order valence-electron chi connectivity index (χ0n) is 19.1. The molecule has 0 spiro atoms. The Labute approximate surface area is 205 Å². The van der Waals surface area contributed by atoms with Crippen LogP contribution >= 0.6 is 11.6 Å². The third-order valence-electron chi connectivity index (χ3n) is 5.97. The normalized spacial score (nSPS) is 11.1. The van der Waals surface area contributed by atoms with Gasteiger partial charge < -0.3 is 20.7 Å². The van der Waals surface area contributed by atoms with E-state index in [9.17, 15) is 9.90 Å². The van der Waals surface area contributed by atoms with E-state index in [1.807, 2.05) is 54.7 Å². The van der Waals surface area contributed by atoms with Gasteiger partial charge >= 0.3 is 0 Å². The van der Waals surface area contributed by atoms with Crippen LogP contribution < -0.4 is 10.6 Å². The third kappa shape index (κ3) is 6.40. The number of unbranched alkanes of at least 4 members (excludes halogenated alkanes) is 1. The predicted octanol–water partition coefficient (Wildman–Crippen LogP) is 5.61. The van der Waals surface area contributed by atoms with Gasteiger partial charge in [0.25, 0.3) is 5.91 Å². The van der Waals surface area contributed by atoms with E-state index >= 15 is 0 Å². The molecule has 0 bridgehead atoms. The minimum absolute atomic E-state index is 0.0309. The number of phenolic OH excluding ortho intramolecular Hbond substituents is 1. The van der Waals surface area contributed by atoms with Gasteiger partial charge in [0, 0.05) is 46.8 Å². The number of aromatic hydroxyl groups is 1. The van der Waals surface area contributed by atoms with Gasteiger partial charge in [-0.2, -0.15) is 0 Å². The quantitative estimate of drug-likeness (QED) is 0.213. The van der Waals surface area contributed by atoms with Gasteiger partial charge in [-0.3, -0.25) is 4.79 Å². The molecule has 0 saturated carbocycles. The Morgan fingerprint density at radius 3 is 2.68 bits per heavy atom. The van der Waals surface area contributed by atoms with E-state index in [1.54, 1.807) is 12.1 Å². The average Bonchev–Trinajstić information content (AvgIpc) is 3.23. The summed E-state index contributed by atoms with van der Waals surface area (Å²) >= 11 is 6.04. The fourth-order valence-electron chi connectivity index (χ4n) is 4.17. The number of aromatic amines is 1. The van der Waals surface area contributed by atoms with Crippen LogP contribution in [0.15, 0.2) is 72.9 Å². The van der Waals surface area contributed by atoms with Crippen molar-refractivity contribution in [2.24, 2.45) is 0 Å². The minimum atomic E-state index is -0.0309. The smallest absolute Gasteiger partial charge is 0.251 e. The molecule has 0 fully saturated rings. The number of fused-ring (bicyclic) bond motifs is 1. The number of aromatic nitrogens is 1. The number of benzene rings is 3. The first kappa shape index (κ1) is 23.9. The molecule has 0 aliphatic heterocycles. The van der Waals surface area contributed by atoms with Crippen molar-refractivity contribution in [3.63, 3.8) is 0 Å². The summed E-state index contributed by atoms with van der Waals surface area (Å²) < 4.78 is 0. The predicted molar refractivity (Wildman–Crippen MR) is 139 cm³/mol. The zero-order valence-corrected chi connectivity index (χ0v) is 19.9. The molecule has 0 radical (unpaired) electrons. The molecule has 0 unspecified atom stereocenters. The first-order chi connectivity index (χ1) is 16.6. The minimum Gasteiger partial charge on any atom is -0.508 e. The first-order valence-electron chi connectivity index (χ1n) is 11.7. The van der Waals surface area contributed by atoms with Crippen molar-refractivity contribution in [3.8, 4) is 5.75 Å². The summed E-state index contributed by atoms with van der Waals surface area (Å²) in [4.78, 5) is 16.0. The summed E-state index contributed by atoms with van der Waals surface area (Å²) in [5.74, 6) is 0.228. The molecular weight excluding hydrogens is 446 g/mol. The van der Waals surface area contributed by atoms with Crippen molar-refractivity contribution in [2.75, 3.05) is 13.1 Å². The van der Waals surface area contributed by atoms with Gasteiger partial charge in [-0.1, -0.05) is 41.9 Å². The van der Waals surface area contributed by atoms with E-state index in [0.717, 1.165) is 53.7 Å². The molecule has 0 aliphatic carbocycles. The molecule has 1 aromatic heterocycles. The van der Waals surface area contributed by atoms with Crippen LogP contribution in [0.5, 0.6) is 5.75 Å². The van der Waals surface area contributed by atoms with E-state index in [4.69, 9.17) is 11.6 Å². The number of carbonyl (C=O) groups is 1. The lowest BCUT2D eigenvalue weighted by Crippen LogP contribution is -2.27. The number of rotatable bonds is 11. The second-order valence-corrected chi connectivity index (χ2v) is 8.91. The topological polar surface area (TPSA) is 77.2 Å². The van der Waals surface area contributed by atoms with E-state index < -0.39 is 0 Å². The SMILES string of the molecule is O=C(NCCCCc1cccc(Cl)c1)c1ccccc1CNCCc1c[nH]c2cc(O)ccc12. The van der Waals surface area contributed by atoms with Crippen LogP contribution in [0.25, 0.3) is 10.9 Å². The second kappa shape index (κ2) is 11.7. The molecule has 0 aliphatic rings. The molecule has 1 heterocycles. The Morgan fingerprint density at radius 2 is 1.79 bits per heavy atom. The number of hydrogen-bond acceptors (Lipinski definition) is 3. The molecule has 1 amide bonds. The van der Waals surface area contributed by atoms with Crippen LogP contribution in [0.4, 0.5) is 0 Å². The summed E-state index contributed by atoms with van der Waals surface area (Å²) in [5.41, 5.74) is 5.06. The maximum atomic E-state index is 12.8. The number of nitrogens with one attached hydrogen (secondary N) is 3. The molecule has 0 saturated heterocycles. The lowest BCUT2D eigenvalue weighted by atomic mass is 10.1. The van der Waals surface area contributed by atoms with Crippen LogP contribution in [0, 0.1) is 0 Å². The summed E-state index contributed by atoms with van der Waals surface area (Å²) in [6, 6.07) is 21.0. The summed E-state index contributed by atoms with van der Waals surface area (Å²) in [6.07, 6.45) is 5.71. The zero-order chi connectivity index (χ0) is 23.8. The number of carbonyl (C=O) groups excluding carboxylic acids is 1. The lowest BCUT2D eigenvalue weighted by Gasteiger charge is -2.11. The molecule has 34 heavy (non-hydrogen) atoms. The van der Waals surface area contributed by atoms with Gasteiger partial charge in [0.2, 0.25) is 0 Å². The highest BCUT2D eigenvalue weighted by atomic mass is 35.5. The second-order valence-electron chi connectivity index (χ2n) is 8.47. The highest BCUT2D eigenvalue weighted by Crippen LogP contribution is 2.22. The van der Waals surface area contributed by atoms with Crippen LogP contribution in [0.2, 0.25) is 5.02 Å². The number of hydrogen-bond donors (Lipinski definition) is 4. The summed E-state index contributed by atoms with van der Waals surface area (Å²) in [5, 5.41) is 18.0. The monoisotopic (exact) mass is 475 g/mol. The van der Waals surface area contributed by atoms with Gasteiger partial charge in [0.05, 0.1) is 0 Å². The van der Waals surface area contributed by atoms with E-state index in [1.165, 1.54) is 11.1 Å². The van der Waals surface area contributed by atoms with Crippen LogP contribution in [0.3, 0.4) is 0 Å². The van der Waals surface area contributed by atoms with Gasteiger partial charge in [-0.25, -0.2) is 0 Å². The number of halogens is 1. The largest absolute Gasteiger partial charge is 0.508 e. The van der Waals surface area contributed by atoms with Gasteiger partial charge in [-0.05, 0) is 79.3 Å². The Bertz CT molecular complexity index is 1250. The number of phenols is 1. The first-order valence-corrected chi connectivity index (χ1v) is 12.1. The highest BCUT2D eigenvalue weighted by Gasteiger charge is 2.10. The van der Waals surface area contributed by atoms with E-state index in [2.05, 4.69) is 21.7 Å². The van der Waals surface area contributed by atoms with Crippen LogP contribution in [0.1, 0.15) is 39.9 Å². The van der Waals surface area contributed by atoms with Crippen molar-refractivity contribution in [3.05, 3.63) is 100 Å². The molecule has 176 valence electrons. The number of H-pyrrole nitrogens is 1. The number of aryl methyl sites for hydroxylation is 1. The Morgan fingerprint density at radius 1 is 0.912 bits per heavy atom. The molecule has 4 rings (SSSR count).